The second-order valence-electron chi connectivity index (χ2n) is 6.58. The van der Waals surface area contributed by atoms with Gasteiger partial charge in [0.2, 0.25) is 0 Å². The molecule has 1 aromatic heterocycles. The minimum Gasteiger partial charge on any atom is -0.481 e. The lowest BCUT2D eigenvalue weighted by molar-refractivity contribution is -0.150. The lowest BCUT2D eigenvalue weighted by Gasteiger charge is -2.29. The topological polar surface area (TPSA) is 76.6 Å². The normalized spacial score (nSPS) is 28.2. The SMILES string of the molecule is C=CCN1C[C@H]2CN(C(=O)c3ccc[nH]3)CCC[C@@]2(C(=O)O)C1. The molecule has 2 atom stereocenters. The van der Waals surface area contributed by atoms with Crippen molar-refractivity contribution in [2.45, 2.75) is 12.8 Å². The molecular weight excluding hydrogens is 294 g/mol. The molecule has 2 fully saturated rings. The number of hydrogen-bond donors (Lipinski definition) is 2. The van der Waals surface area contributed by atoms with Gasteiger partial charge in [-0.25, -0.2) is 0 Å². The zero-order chi connectivity index (χ0) is 16.4. The maximum Gasteiger partial charge on any atom is 0.311 e. The van der Waals surface area contributed by atoms with Crippen molar-refractivity contribution in [3.8, 4) is 0 Å². The van der Waals surface area contributed by atoms with Crippen LogP contribution in [0.25, 0.3) is 0 Å². The van der Waals surface area contributed by atoms with Crippen molar-refractivity contribution in [2.24, 2.45) is 11.3 Å². The maximum atomic E-state index is 12.6. The molecule has 3 rings (SSSR count). The van der Waals surface area contributed by atoms with Crippen molar-refractivity contribution >= 4 is 11.9 Å². The second-order valence-corrected chi connectivity index (χ2v) is 6.58. The summed E-state index contributed by atoms with van der Waals surface area (Å²) in [6.45, 7) is 6.80. The van der Waals surface area contributed by atoms with Gasteiger partial charge in [-0.2, -0.15) is 0 Å². The van der Waals surface area contributed by atoms with E-state index in [4.69, 9.17) is 0 Å². The first-order valence-electron chi connectivity index (χ1n) is 8.06. The third kappa shape index (κ3) is 2.79. The number of rotatable bonds is 4. The largest absolute Gasteiger partial charge is 0.481 e. The van der Waals surface area contributed by atoms with Gasteiger partial charge in [-0.05, 0) is 25.0 Å². The Morgan fingerprint density at radius 3 is 2.96 bits per heavy atom. The van der Waals surface area contributed by atoms with Crippen LogP contribution in [-0.2, 0) is 4.79 Å². The highest BCUT2D eigenvalue weighted by atomic mass is 16.4. The fourth-order valence-corrected chi connectivity index (χ4v) is 4.03. The van der Waals surface area contributed by atoms with E-state index in [1.807, 2.05) is 6.08 Å². The average molecular weight is 317 g/mol. The lowest BCUT2D eigenvalue weighted by atomic mass is 9.75. The van der Waals surface area contributed by atoms with Gasteiger partial charge in [-0.3, -0.25) is 14.5 Å². The molecule has 0 bridgehead atoms. The summed E-state index contributed by atoms with van der Waals surface area (Å²) < 4.78 is 0. The molecule has 0 aliphatic carbocycles. The summed E-state index contributed by atoms with van der Waals surface area (Å²) in [6.07, 6.45) is 4.88. The summed E-state index contributed by atoms with van der Waals surface area (Å²) in [5.41, 5.74) is -0.179. The molecule has 1 amide bonds. The summed E-state index contributed by atoms with van der Waals surface area (Å²) in [5.74, 6) is -0.817. The quantitative estimate of drug-likeness (QED) is 0.824. The van der Waals surface area contributed by atoms with Gasteiger partial charge in [0.15, 0.2) is 0 Å². The number of aromatic nitrogens is 1. The van der Waals surface area contributed by atoms with Crippen LogP contribution in [0.2, 0.25) is 0 Å². The third-order valence-electron chi connectivity index (χ3n) is 5.19. The monoisotopic (exact) mass is 317 g/mol. The van der Waals surface area contributed by atoms with Crippen molar-refractivity contribution in [3.05, 3.63) is 36.7 Å². The fourth-order valence-electron chi connectivity index (χ4n) is 4.03. The van der Waals surface area contributed by atoms with Crippen LogP contribution in [0.3, 0.4) is 0 Å². The molecule has 2 N–H and O–H groups in total. The minimum atomic E-state index is -0.742. The van der Waals surface area contributed by atoms with Gasteiger partial charge in [0.1, 0.15) is 5.69 Å². The number of aromatic amines is 1. The minimum absolute atomic E-state index is 0.0404. The van der Waals surface area contributed by atoms with Gasteiger partial charge in [-0.1, -0.05) is 6.08 Å². The van der Waals surface area contributed by atoms with Crippen LogP contribution in [0.5, 0.6) is 0 Å². The van der Waals surface area contributed by atoms with Crippen molar-refractivity contribution in [2.75, 3.05) is 32.7 Å². The molecule has 0 aromatic carbocycles. The Hall–Kier alpha value is -2.08. The van der Waals surface area contributed by atoms with Crippen molar-refractivity contribution in [1.82, 2.24) is 14.8 Å². The van der Waals surface area contributed by atoms with E-state index in [1.165, 1.54) is 0 Å². The predicted molar refractivity (Wildman–Crippen MR) is 86.1 cm³/mol. The van der Waals surface area contributed by atoms with Crippen LogP contribution in [0.15, 0.2) is 31.0 Å². The van der Waals surface area contributed by atoms with Crippen LogP contribution in [0.4, 0.5) is 0 Å². The molecule has 0 saturated carbocycles. The van der Waals surface area contributed by atoms with Crippen LogP contribution in [-0.4, -0.2) is 64.5 Å². The first-order chi connectivity index (χ1) is 11.1. The highest BCUT2D eigenvalue weighted by Crippen LogP contribution is 2.43. The first kappa shape index (κ1) is 15.8. The summed E-state index contributed by atoms with van der Waals surface area (Å²) in [7, 11) is 0. The summed E-state index contributed by atoms with van der Waals surface area (Å²) in [5, 5.41) is 9.86. The Morgan fingerprint density at radius 2 is 2.30 bits per heavy atom. The van der Waals surface area contributed by atoms with Gasteiger partial charge in [0.05, 0.1) is 5.41 Å². The molecule has 0 radical (unpaired) electrons. The number of amides is 1. The number of carbonyl (C=O) groups excluding carboxylic acids is 1. The maximum absolute atomic E-state index is 12.6. The first-order valence-corrected chi connectivity index (χ1v) is 8.06. The summed E-state index contributed by atoms with van der Waals surface area (Å²) >= 11 is 0. The van der Waals surface area contributed by atoms with E-state index < -0.39 is 11.4 Å². The Morgan fingerprint density at radius 1 is 1.48 bits per heavy atom. The molecule has 2 aliphatic heterocycles. The van der Waals surface area contributed by atoms with E-state index in [0.717, 1.165) is 6.42 Å². The molecular formula is C17H23N3O3. The Kier molecular flexibility index (Phi) is 4.26. The van der Waals surface area contributed by atoms with E-state index in [9.17, 15) is 14.7 Å². The zero-order valence-corrected chi connectivity index (χ0v) is 13.2. The van der Waals surface area contributed by atoms with Gasteiger partial charge in [0.25, 0.3) is 5.91 Å². The highest BCUT2D eigenvalue weighted by molar-refractivity contribution is 5.92. The van der Waals surface area contributed by atoms with E-state index in [2.05, 4.69) is 16.5 Å². The number of carbonyl (C=O) groups is 2. The fraction of sp³-hybridized carbons (Fsp3) is 0.529. The van der Waals surface area contributed by atoms with Crippen LogP contribution < -0.4 is 0 Å². The number of H-pyrrole nitrogens is 1. The number of hydrogen-bond acceptors (Lipinski definition) is 3. The van der Waals surface area contributed by atoms with Gasteiger partial charge in [-0.15, -0.1) is 6.58 Å². The smallest absolute Gasteiger partial charge is 0.311 e. The molecule has 0 unspecified atom stereocenters. The average Bonchev–Trinajstić information content (AvgIpc) is 3.12. The molecule has 23 heavy (non-hydrogen) atoms. The number of aliphatic carboxylic acids is 1. The third-order valence-corrected chi connectivity index (χ3v) is 5.19. The molecule has 6 heteroatoms. The number of nitrogens with zero attached hydrogens (tertiary/aromatic N) is 2. The molecule has 124 valence electrons. The van der Waals surface area contributed by atoms with Crippen molar-refractivity contribution in [1.29, 1.82) is 0 Å². The molecule has 6 nitrogen and oxygen atoms in total. The number of nitrogens with one attached hydrogen (secondary N) is 1. The van der Waals surface area contributed by atoms with E-state index in [0.29, 0.717) is 44.8 Å². The van der Waals surface area contributed by atoms with E-state index >= 15 is 0 Å². The highest BCUT2D eigenvalue weighted by Gasteiger charge is 2.53. The van der Waals surface area contributed by atoms with E-state index in [1.54, 1.807) is 23.2 Å². The van der Waals surface area contributed by atoms with Gasteiger partial charge >= 0.3 is 5.97 Å². The van der Waals surface area contributed by atoms with Gasteiger partial charge < -0.3 is 15.0 Å². The molecule has 2 aliphatic rings. The van der Waals surface area contributed by atoms with Crippen LogP contribution in [0.1, 0.15) is 23.3 Å². The molecule has 0 spiro atoms. The van der Waals surface area contributed by atoms with Crippen LogP contribution in [0, 0.1) is 11.3 Å². The van der Waals surface area contributed by atoms with Gasteiger partial charge in [0, 0.05) is 44.8 Å². The standard InChI is InChI=1S/C17H23N3O3/c1-2-8-19-10-13-11-20(15(21)14-5-3-7-18-14)9-4-6-17(13,12-19)16(22)23/h2-3,5,7,13,18H,1,4,6,8-12H2,(H,22,23)/t13-,17+/m0/s1. The second kappa shape index (κ2) is 6.20. The predicted octanol–water partition coefficient (Wildman–Crippen LogP) is 1.44. The number of fused-ring (bicyclic) bond motifs is 1. The van der Waals surface area contributed by atoms with Crippen molar-refractivity contribution < 1.29 is 14.7 Å². The number of likely N-dealkylation sites (tertiary alicyclic amines) is 2. The Bertz CT molecular complexity index is 598. The Labute approximate surface area is 135 Å². The van der Waals surface area contributed by atoms with Crippen LogP contribution >= 0.6 is 0 Å². The molecule has 3 heterocycles. The lowest BCUT2D eigenvalue weighted by Crippen LogP contribution is -2.42. The number of carboxylic acid groups (broad SMARTS) is 1. The zero-order valence-electron chi connectivity index (χ0n) is 13.2. The molecule has 1 aromatic rings. The Balaban J connectivity index is 1.82. The molecule has 2 saturated heterocycles. The number of carboxylic acids is 1. The summed E-state index contributed by atoms with van der Waals surface area (Å²) in [6, 6.07) is 3.56. The van der Waals surface area contributed by atoms with Crippen molar-refractivity contribution in [3.63, 3.8) is 0 Å². The summed E-state index contributed by atoms with van der Waals surface area (Å²) in [4.78, 5) is 31.5. The van der Waals surface area contributed by atoms with E-state index in [-0.39, 0.29) is 11.8 Å².